The number of nitrogens with zero attached hydrogens (tertiary/aromatic N) is 3. The van der Waals surface area contributed by atoms with E-state index in [2.05, 4.69) is 32.0 Å². The summed E-state index contributed by atoms with van der Waals surface area (Å²) in [5, 5.41) is 10.4. The Balaban J connectivity index is 1.90. The average Bonchev–Trinajstić information content (AvgIpc) is 3.09. The van der Waals surface area contributed by atoms with Gasteiger partial charge in [0.15, 0.2) is 0 Å². The van der Waals surface area contributed by atoms with E-state index in [1.165, 1.54) is 24.1 Å². The molecule has 2 aromatic heterocycles. The summed E-state index contributed by atoms with van der Waals surface area (Å²) in [6.45, 7) is 3.28. The molecule has 0 spiro atoms. The van der Waals surface area contributed by atoms with Crippen LogP contribution in [-0.4, -0.2) is 26.3 Å². The van der Waals surface area contributed by atoms with Crippen molar-refractivity contribution in [3.63, 3.8) is 0 Å². The molecular weight excluding hydrogens is 214 g/mol. The second-order valence-corrected chi connectivity index (χ2v) is 4.58. The van der Waals surface area contributed by atoms with Crippen LogP contribution in [0, 0.1) is 0 Å². The molecule has 0 aromatic carbocycles. The van der Waals surface area contributed by atoms with Gasteiger partial charge in [-0.25, -0.2) is 4.98 Å². The molecule has 2 unspecified atom stereocenters. The standard InChI is InChI=1S/C12H17N5/c1-9(10-5-15-16-6-10)17-8-13-7-12(17)11-3-2-4-14-11/h5-9,11,14H,2-4H2,1H3,(H,15,16). The van der Waals surface area contributed by atoms with E-state index in [1.54, 1.807) is 0 Å². The maximum atomic E-state index is 4.29. The lowest BCUT2D eigenvalue weighted by atomic mass is 10.1. The molecule has 1 fully saturated rings. The summed E-state index contributed by atoms with van der Waals surface area (Å²) < 4.78 is 2.23. The number of nitrogens with one attached hydrogen (secondary N) is 2. The molecule has 2 atom stereocenters. The third kappa shape index (κ3) is 1.86. The molecule has 0 amide bonds. The Morgan fingerprint density at radius 3 is 3.12 bits per heavy atom. The molecule has 5 nitrogen and oxygen atoms in total. The van der Waals surface area contributed by atoms with Crippen molar-refractivity contribution >= 4 is 0 Å². The van der Waals surface area contributed by atoms with Gasteiger partial charge in [0.2, 0.25) is 0 Å². The first kappa shape index (κ1) is 10.5. The number of rotatable bonds is 3. The molecular formula is C12H17N5. The predicted molar refractivity (Wildman–Crippen MR) is 64.6 cm³/mol. The fourth-order valence-electron chi connectivity index (χ4n) is 2.50. The molecule has 90 valence electrons. The molecule has 0 bridgehead atoms. The summed E-state index contributed by atoms with van der Waals surface area (Å²) in [5.74, 6) is 0. The smallest absolute Gasteiger partial charge is 0.0954 e. The highest BCUT2D eigenvalue weighted by Crippen LogP contribution is 2.27. The van der Waals surface area contributed by atoms with Crippen molar-refractivity contribution < 1.29 is 0 Å². The highest BCUT2D eigenvalue weighted by Gasteiger charge is 2.22. The Morgan fingerprint density at radius 2 is 2.41 bits per heavy atom. The summed E-state index contributed by atoms with van der Waals surface area (Å²) in [7, 11) is 0. The number of aromatic amines is 1. The van der Waals surface area contributed by atoms with Gasteiger partial charge in [0.25, 0.3) is 0 Å². The van der Waals surface area contributed by atoms with Crippen LogP contribution in [0.2, 0.25) is 0 Å². The minimum Gasteiger partial charge on any atom is -0.326 e. The molecule has 0 aliphatic carbocycles. The van der Waals surface area contributed by atoms with E-state index in [9.17, 15) is 0 Å². The molecule has 3 rings (SSSR count). The molecule has 0 saturated carbocycles. The quantitative estimate of drug-likeness (QED) is 0.844. The van der Waals surface area contributed by atoms with Gasteiger partial charge in [-0.1, -0.05) is 0 Å². The molecule has 2 N–H and O–H groups in total. The Morgan fingerprint density at radius 1 is 1.47 bits per heavy atom. The number of hydrogen-bond acceptors (Lipinski definition) is 3. The lowest BCUT2D eigenvalue weighted by Crippen LogP contribution is -2.18. The van der Waals surface area contributed by atoms with Crippen molar-refractivity contribution in [2.24, 2.45) is 0 Å². The van der Waals surface area contributed by atoms with Crippen LogP contribution < -0.4 is 5.32 Å². The fourth-order valence-corrected chi connectivity index (χ4v) is 2.50. The van der Waals surface area contributed by atoms with E-state index in [4.69, 9.17) is 0 Å². The minimum absolute atomic E-state index is 0.272. The van der Waals surface area contributed by atoms with Crippen molar-refractivity contribution in [2.75, 3.05) is 6.54 Å². The molecule has 0 radical (unpaired) electrons. The number of H-pyrrole nitrogens is 1. The molecule has 1 saturated heterocycles. The van der Waals surface area contributed by atoms with E-state index in [0.29, 0.717) is 6.04 Å². The van der Waals surface area contributed by atoms with Gasteiger partial charge < -0.3 is 9.88 Å². The number of imidazole rings is 1. The zero-order valence-electron chi connectivity index (χ0n) is 9.93. The number of aromatic nitrogens is 4. The average molecular weight is 231 g/mol. The van der Waals surface area contributed by atoms with Crippen molar-refractivity contribution in [1.29, 1.82) is 0 Å². The minimum atomic E-state index is 0.272. The van der Waals surface area contributed by atoms with E-state index in [1.807, 2.05) is 24.9 Å². The van der Waals surface area contributed by atoms with Crippen molar-refractivity contribution in [3.8, 4) is 0 Å². The molecule has 5 heteroatoms. The largest absolute Gasteiger partial charge is 0.326 e. The van der Waals surface area contributed by atoms with E-state index in [0.717, 1.165) is 6.54 Å². The van der Waals surface area contributed by atoms with Gasteiger partial charge >= 0.3 is 0 Å². The SMILES string of the molecule is CC(c1cn[nH]c1)n1cncc1C1CCCN1. The Kier molecular flexibility index (Phi) is 2.68. The van der Waals surface area contributed by atoms with Crippen LogP contribution in [0.5, 0.6) is 0 Å². The van der Waals surface area contributed by atoms with Gasteiger partial charge in [0.1, 0.15) is 0 Å². The summed E-state index contributed by atoms with van der Waals surface area (Å²) in [5.41, 5.74) is 2.46. The Hall–Kier alpha value is -1.62. The van der Waals surface area contributed by atoms with Crippen molar-refractivity contribution in [3.05, 3.63) is 36.2 Å². The highest BCUT2D eigenvalue weighted by atomic mass is 15.1. The van der Waals surface area contributed by atoms with Crippen LogP contribution in [0.4, 0.5) is 0 Å². The van der Waals surface area contributed by atoms with Crippen LogP contribution in [0.25, 0.3) is 0 Å². The van der Waals surface area contributed by atoms with Crippen LogP contribution in [0.1, 0.15) is 43.1 Å². The van der Waals surface area contributed by atoms with E-state index in [-0.39, 0.29) is 6.04 Å². The van der Waals surface area contributed by atoms with E-state index >= 15 is 0 Å². The van der Waals surface area contributed by atoms with Gasteiger partial charge in [-0.05, 0) is 26.3 Å². The molecule has 3 heterocycles. The molecule has 2 aromatic rings. The van der Waals surface area contributed by atoms with Crippen LogP contribution in [0.3, 0.4) is 0 Å². The summed E-state index contributed by atoms with van der Waals surface area (Å²) in [6.07, 6.45) is 10.1. The van der Waals surface area contributed by atoms with Gasteiger partial charge in [-0.3, -0.25) is 5.10 Å². The van der Waals surface area contributed by atoms with Crippen LogP contribution in [0.15, 0.2) is 24.9 Å². The Labute approximate surface area is 100 Å². The summed E-state index contributed by atoms with van der Waals surface area (Å²) in [6, 6.07) is 0.723. The predicted octanol–water partition coefficient (Wildman–Crippen LogP) is 1.64. The highest BCUT2D eigenvalue weighted by molar-refractivity contribution is 5.16. The van der Waals surface area contributed by atoms with Gasteiger partial charge in [-0.2, -0.15) is 5.10 Å². The van der Waals surface area contributed by atoms with Crippen molar-refractivity contribution in [2.45, 2.75) is 31.8 Å². The lowest BCUT2D eigenvalue weighted by Gasteiger charge is -2.18. The summed E-state index contributed by atoms with van der Waals surface area (Å²) >= 11 is 0. The summed E-state index contributed by atoms with van der Waals surface area (Å²) in [4.78, 5) is 4.29. The second kappa shape index (κ2) is 4.33. The normalized spacial score (nSPS) is 21.8. The topological polar surface area (TPSA) is 58.5 Å². The van der Waals surface area contributed by atoms with Gasteiger partial charge in [0, 0.05) is 24.0 Å². The third-order valence-corrected chi connectivity index (χ3v) is 3.53. The molecule has 1 aliphatic heterocycles. The molecule has 1 aliphatic rings. The van der Waals surface area contributed by atoms with E-state index < -0.39 is 0 Å². The first-order valence-corrected chi connectivity index (χ1v) is 6.10. The van der Waals surface area contributed by atoms with Crippen LogP contribution >= 0.6 is 0 Å². The maximum Gasteiger partial charge on any atom is 0.0954 e. The number of hydrogen-bond donors (Lipinski definition) is 2. The van der Waals surface area contributed by atoms with Crippen molar-refractivity contribution in [1.82, 2.24) is 25.1 Å². The third-order valence-electron chi connectivity index (χ3n) is 3.53. The second-order valence-electron chi connectivity index (χ2n) is 4.58. The van der Waals surface area contributed by atoms with Crippen LogP contribution in [-0.2, 0) is 0 Å². The first-order valence-electron chi connectivity index (χ1n) is 6.10. The van der Waals surface area contributed by atoms with Gasteiger partial charge in [0.05, 0.1) is 24.3 Å². The lowest BCUT2D eigenvalue weighted by molar-refractivity contribution is 0.538. The zero-order valence-corrected chi connectivity index (χ0v) is 9.93. The van der Waals surface area contributed by atoms with Gasteiger partial charge in [-0.15, -0.1) is 0 Å². The first-order chi connectivity index (χ1) is 8.36. The monoisotopic (exact) mass is 231 g/mol. The fraction of sp³-hybridized carbons (Fsp3) is 0.500. The maximum absolute atomic E-state index is 4.29. The molecule has 17 heavy (non-hydrogen) atoms. The zero-order chi connectivity index (χ0) is 11.7. The Bertz CT molecular complexity index is 467.